The Bertz CT molecular complexity index is 645. The van der Waals surface area contributed by atoms with Crippen LogP contribution in [0.4, 0.5) is 4.39 Å². The van der Waals surface area contributed by atoms with Crippen LogP contribution in [0, 0.1) is 17.7 Å². The third-order valence-corrected chi connectivity index (χ3v) is 4.40. The molecular formula is C18H23FN2O4. The fourth-order valence-corrected chi connectivity index (χ4v) is 2.94. The van der Waals surface area contributed by atoms with Crippen LogP contribution in [0.3, 0.4) is 0 Å². The van der Waals surface area contributed by atoms with Crippen LogP contribution in [0.1, 0.15) is 37.0 Å². The second-order valence-electron chi connectivity index (χ2n) is 6.67. The number of nitrogens with one attached hydrogen (secondary N) is 1. The first-order valence-corrected chi connectivity index (χ1v) is 8.37. The highest BCUT2D eigenvalue weighted by molar-refractivity contribution is 5.94. The fourth-order valence-electron chi connectivity index (χ4n) is 2.94. The number of nitrogens with zero attached hydrogens (tertiary/aromatic N) is 1. The lowest BCUT2D eigenvalue weighted by molar-refractivity contribution is -0.144. The maximum atomic E-state index is 13.0. The van der Waals surface area contributed by atoms with Gasteiger partial charge in [0.1, 0.15) is 11.9 Å². The van der Waals surface area contributed by atoms with Crippen LogP contribution in [0.25, 0.3) is 0 Å². The lowest BCUT2D eigenvalue weighted by Gasteiger charge is -2.33. The van der Waals surface area contributed by atoms with Crippen LogP contribution in [-0.4, -0.2) is 46.9 Å². The Morgan fingerprint density at radius 1 is 1.24 bits per heavy atom. The van der Waals surface area contributed by atoms with Crippen LogP contribution < -0.4 is 5.32 Å². The van der Waals surface area contributed by atoms with Crippen LogP contribution in [0.2, 0.25) is 0 Å². The monoisotopic (exact) mass is 350 g/mol. The maximum Gasteiger partial charge on any atom is 0.326 e. The summed E-state index contributed by atoms with van der Waals surface area (Å²) in [6.45, 7) is 4.20. The highest BCUT2D eigenvalue weighted by Gasteiger charge is 2.32. The first-order chi connectivity index (χ1) is 11.8. The third kappa shape index (κ3) is 4.78. The van der Waals surface area contributed by atoms with Crippen molar-refractivity contribution < 1.29 is 23.9 Å². The molecule has 6 nitrogen and oxygen atoms in total. The van der Waals surface area contributed by atoms with Crippen molar-refractivity contribution in [3.8, 4) is 0 Å². The van der Waals surface area contributed by atoms with Gasteiger partial charge in [-0.2, -0.15) is 0 Å². The van der Waals surface area contributed by atoms with Crippen LogP contribution in [-0.2, 0) is 9.59 Å². The van der Waals surface area contributed by atoms with Gasteiger partial charge in [0.05, 0.1) is 5.92 Å². The van der Waals surface area contributed by atoms with E-state index in [1.165, 1.54) is 24.3 Å². The number of likely N-dealkylation sites (tertiary alicyclic amines) is 1. The van der Waals surface area contributed by atoms with E-state index >= 15 is 0 Å². The van der Waals surface area contributed by atoms with Gasteiger partial charge in [-0.1, -0.05) is 13.8 Å². The minimum absolute atomic E-state index is 0.229. The Hall–Kier alpha value is -2.44. The molecule has 25 heavy (non-hydrogen) atoms. The van der Waals surface area contributed by atoms with E-state index in [4.69, 9.17) is 0 Å². The lowest BCUT2D eigenvalue weighted by atomic mass is 9.95. The molecule has 1 aliphatic heterocycles. The van der Waals surface area contributed by atoms with Crippen molar-refractivity contribution >= 4 is 17.8 Å². The molecule has 0 saturated carbocycles. The summed E-state index contributed by atoms with van der Waals surface area (Å²) in [5, 5.41) is 11.8. The molecule has 2 amide bonds. The van der Waals surface area contributed by atoms with Crippen LogP contribution in [0.5, 0.6) is 0 Å². The number of amides is 2. The van der Waals surface area contributed by atoms with Crippen molar-refractivity contribution in [3.63, 3.8) is 0 Å². The quantitative estimate of drug-likeness (QED) is 0.849. The lowest BCUT2D eigenvalue weighted by Crippen LogP contribution is -2.50. The number of hydrogen-bond donors (Lipinski definition) is 2. The summed E-state index contributed by atoms with van der Waals surface area (Å²) in [4.78, 5) is 37.7. The molecule has 2 N–H and O–H groups in total. The number of carbonyl (C=O) groups excluding carboxylic acids is 2. The molecule has 0 aliphatic carbocycles. The zero-order chi connectivity index (χ0) is 18.6. The number of piperidine rings is 1. The van der Waals surface area contributed by atoms with Crippen molar-refractivity contribution in [2.45, 2.75) is 32.7 Å². The Morgan fingerprint density at radius 2 is 1.88 bits per heavy atom. The van der Waals surface area contributed by atoms with Gasteiger partial charge in [-0.25, -0.2) is 9.18 Å². The molecule has 1 aromatic rings. The molecule has 0 spiro atoms. The molecule has 2 rings (SSSR count). The summed E-state index contributed by atoms with van der Waals surface area (Å²) >= 11 is 0. The summed E-state index contributed by atoms with van der Waals surface area (Å²) in [5.41, 5.74) is 0.369. The van der Waals surface area contributed by atoms with Gasteiger partial charge in [0, 0.05) is 18.7 Å². The molecule has 0 aromatic heterocycles. The second-order valence-corrected chi connectivity index (χ2v) is 6.67. The number of rotatable bonds is 5. The van der Waals surface area contributed by atoms with Crippen molar-refractivity contribution in [2.75, 3.05) is 13.1 Å². The molecule has 1 saturated heterocycles. The van der Waals surface area contributed by atoms with E-state index < -0.39 is 23.7 Å². The maximum absolute atomic E-state index is 13.0. The van der Waals surface area contributed by atoms with Gasteiger partial charge in [-0.05, 0) is 43.0 Å². The third-order valence-electron chi connectivity index (χ3n) is 4.40. The predicted octanol–water partition coefficient (Wildman–Crippen LogP) is 1.90. The highest BCUT2D eigenvalue weighted by atomic mass is 19.1. The molecule has 0 radical (unpaired) electrons. The molecular weight excluding hydrogens is 327 g/mol. The standard InChI is InChI=1S/C18H23FN2O4/c1-11(2)15(18(24)25)20-16(22)13-4-3-9-21(10-13)17(23)12-5-7-14(19)8-6-12/h5-8,11,13,15H,3-4,9-10H2,1-2H3,(H,20,22)(H,24,25). The average Bonchev–Trinajstić information content (AvgIpc) is 2.59. The topological polar surface area (TPSA) is 86.7 Å². The summed E-state index contributed by atoms with van der Waals surface area (Å²) in [6, 6.07) is 4.33. The second kappa shape index (κ2) is 8.09. The molecule has 136 valence electrons. The Balaban J connectivity index is 2.02. The first kappa shape index (κ1) is 18.9. The predicted molar refractivity (Wildman–Crippen MR) is 89.4 cm³/mol. The molecule has 7 heteroatoms. The van der Waals surface area contributed by atoms with E-state index in [0.717, 1.165) is 0 Å². The van der Waals surface area contributed by atoms with E-state index in [9.17, 15) is 23.9 Å². The molecule has 1 heterocycles. The van der Waals surface area contributed by atoms with Crippen molar-refractivity contribution in [3.05, 3.63) is 35.6 Å². The zero-order valence-electron chi connectivity index (χ0n) is 14.4. The first-order valence-electron chi connectivity index (χ1n) is 8.37. The van der Waals surface area contributed by atoms with Crippen LogP contribution >= 0.6 is 0 Å². The normalized spacial score (nSPS) is 18.7. The Kier molecular flexibility index (Phi) is 6.12. The van der Waals surface area contributed by atoms with Gasteiger partial charge in [-0.3, -0.25) is 9.59 Å². The highest BCUT2D eigenvalue weighted by Crippen LogP contribution is 2.20. The van der Waals surface area contributed by atoms with E-state index in [2.05, 4.69) is 5.32 Å². The minimum atomic E-state index is -1.07. The smallest absolute Gasteiger partial charge is 0.326 e. The molecule has 0 bridgehead atoms. The van der Waals surface area contributed by atoms with E-state index in [1.54, 1.807) is 18.7 Å². The van der Waals surface area contributed by atoms with E-state index in [-0.39, 0.29) is 24.3 Å². The summed E-state index contributed by atoms with van der Waals surface area (Å²) in [6.07, 6.45) is 1.26. The van der Waals surface area contributed by atoms with E-state index in [0.29, 0.717) is 24.9 Å². The number of benzene rings is 1. The summed E-state index contributed by atoms with van der Waals surface area (Å²) in [7, 11) is 0. The Labute approximate surface area is 146 Å². The van der Waals surface area contributed by atoms with Crippen molar-refractivity contribution in [1.29, 1.82) is 0 Å². The number of carbonyl (C=O) groups is 3. The molecule has 2 atom stereocenters. The number of hydrogen-bond acceptors (Lipinski definition) is 3. The number of halogens is 1. The van der Waals surface area contributed by atoms with Gasteiger partial charge >= 0.3 is 5.97 Å². The SMILES string of the molecule is CC(C)C(NC(=O)C1CCCN(C(=O)c2ccc(F)cc2)C1)C(=O)O. The number of aliphatic carboxylic acids is 1. The summed E-state index contributed by atoms with van der Waals surface area (Å²) < 4.78 is 13.0. The molecule has 2 unspecified atom stereocenters. The fraction of sp³-hybridized carbons (Fsp3) is 0.500. The van der Waals surface area contributed by atoms with Gasteiger partial charge in [0.25, 0.3) is 5.91 Å². The summed E-state index contributed by atoms with van der Waals surface area (Å²) in [5.74, 6) is -2.77. The number of carboxylic acid groups (broad SMARTS) is 1. The number of carboxylic acids is 1. The van der Waals surface area contributed by atoms with Crippen molar-refractivity contribution in [2.24, 2.45) is 11.8 Å². The molecule has 1 aromatic carbocycles. The molecule has 1 aliphatic rings. The average molecular weight is 350 g/mol. The zero-order valence-corrected chi connectivity index (χ0v) is 14.4. The van der Waals surface area contributed by atoms with Crippen molar-refractivity contribution in [1.82, 2.24) is 10.2 Å². The van der Waals surface area contributed by atoms with Gasteiger partial charge in [-0.15, -0.1) is 0 Å². The molecule has 1 fully saturated rings. The van der Waals surface area contributed by atoms with E-state index in [1.807, 2.05) is 0 Å². The largest absolute Gasteiger partial charge is 0.480 e. The van der Waals surface area contributed by atoms with Gasteiger partial charge in [0.2, 0.25) is 5.91 Å². The van der Waals surface area contributed by atoms with Crippen LogP contribution in [0.15, 0.2) is 24.3 Å². The minimum Gasteiger partial charge on any atom is -0.480 e. The van der Waals surface area contributed by atoms with Gasteiger partial charge < -0.3 is 15.3 Å². The van der Waals surface area contributed by atoms with Gasteiger partial charge in [0.15, 0.2) is 0 Å². The Morgan fingerprint density at radius 3 is 2.44 bits per heavy atom.